The minimum absolute atomic E-state index is 0.732. The SMILES string of the molecule is CCCCCNc1ncc(-c2cc(-c3cncc(OC)c3)ccn2)[nH]1.O=C(O)C(F)(F)F. The second-order valence-electron chi connectivity index (χ2n) is 6.63. The first-order valence-corrected chi connectivity index (χ1v) is 9.79. The van der Waals surface area contributed by atoms with E-state index in [2.05, 4.69) is 32.2 Å². The second kappa shape index (κ2) is 11.7. The number of aromatic amines is 1. The summed E-state index contributed by atoms with van der Waals surface area (Å²) in [7, 11) is 1.64. The minimum Gasteiger partial charge on any atom is -0.495 e. The van der Waals surface area contributed by atoms with E-state index in [0.717, 1.165) is 47.2 Å². The van der Waals surface area contributed by atoms with Crippen molar-refractivity contribution >= 4 is 11.9 Å². The molecule has 0 aromatic carbocycles. The molecule has 0 aliphatic rings. The fourth-order valence-corrected chi connectivity index (χ4v) is 2.57. The molecule has 0 fully saturated rings. The van der Waals surface area contributed by atoms with Crippen LogP contribution in [0.3, 0.4) is 0 Å². The van der Waals surface area contributed by atoms with Crippen LogP contribution < -0.4 is 10.1 Å². The summed E-state index contributed by atoms with van der Waals surface area (Å²) < 4.78 is 37.0. The van der Waals surface area contributed by atoms with E-state index in [9.17, 15) is 13.2 Å². The van der Waals surface area contributed by atoms with Crippen molar-refractivity contribution in [3.05, 3.63) is 43.0 Å². The molecule has 3 heterocycles. The number of ether oxygens (including phenoxy) is 1. The largest absolute Gasteiger partial charge is 0.495 e. The van der Waals surface area contributed by atoms with Crippen molar-refractivity contribution in [1.29, 1.82) is 0 Å². The van der Waals surface area contributed by atoms with Gasteiger partial charge in [-0.2, -0.15) is 13.2 Å². The number of carbonyl (C=O) groups is 1. The molecule has 11 heteroatoms. The number of nitrogens with one attached hydrogen (secondary N) is 2. The molecule has 0 radical (unpaired) electrons. The van der Waals surface area contributed by atoms with Gasteiger partial charge in [0.05, 0.1) is 30.9 Å². The lowest BCUT2D eigenvalue weighted by molar-refractivity contribution is -0.192. The van der Waals surface area contributed by atoms with Crippen LogP contribution >= 0.6 is 0 Å². The number of imidazole rings is 1. The quantitative estimate of drug-likeness (QED) is 0.423. The van der Waals surface area contributed by atoms with E-state index in [-0.39, 0.29) is 0 Å². The Morgan fingerprint density at radius 3 is 2.56 bits per heavy atom. The van der Waals surface area contributed by atoms with Crippen molar-refractivity contribution in [3.8, 4) is 28.3 Å². The molecule has 0 saturated carbocycles. The van der Waals surface area contributed by atoms with Gasteiger partial charge in [0.2, 0.25) is 5.95 Å². The Balaban J connectivity index is 0.000000451. The highest BCUT2D eigenvalue weighted by Gasteiger charge is 2.38. The van der Waals surface area contributed by atoms with E-state index in [0.29, 0.717) is 0 Å². The van der Waals surface area contributed by atoms with Crippen LogP contribution in [0.15, 0.2) is 43.0 Å². The summed E-state index contributed by atoms with van der Waals surface area (Å²) >= 11 is 0. The Hall–Kier alpha value is -3.63. The van der Waals surface area contributed by atoms with E-state index in [4.69, 9.17) is 14.6 Å². The first kappa shape index (κ1) is 24.6. The molecule has 0 saturated heterocycles. The summed E-state index contributed by atoms with van der Waals surface area (Å²) in [6.07, 6.45) is 5.59. The van der Waals surface area contributed by atoms with Crippen LogP contribution in [0.2, 0.25) is 0 Å². The molecule has 8 nitrogen and oxygen atoms in total. The molecule has 172 valence electrons. The number of carboxylic acid groups (broad SMARTS) is 1. The number of H-pyrrole nitrogens is 1. The minimum atomic E-state index is -5.08. The second-order valence-corrected chi connectivity index (χ2v) is 6.63. The Kier molecular flexibility index (Phi) is 8.99. The maximum absolute atomic E-state index is 10.6. The van der Waals surface area contributed by atoms with Crippen molar-refractivity contribution in [2.24, 2.45) is 0 Å². The van der Waals surface area contributed by atoms with Gasteiger partial charge in [-0.1, -0.05) is 19.8 Å². The van der Waals surface area contributed by atoms with Crippen LogP contribution in [0.4, 0.5) is 19.1 Å². The van der Waals surface area contributed by atoms with Gasteiger partial charge >= 0.3 is 12.1 Å². The molecule has 0 amide bonds. The molecule has 0 bridgehead atoms. The summed E-state index contributed by atoms with van der Waals surface area (Å²) in [4.78, 5) is 25.2. The summed E-state index contributed by atoms with van der Waals surface area (Å²) in [5.74, 6) is -1.25. The lowest BCUT2D eigenvalue weighted by atomic mass is 10.1. The average Bonchev–Trinajstić information content (AvgIpc) is 3.26. The van der Waals surface area contributed by atoms with E-state index in [1.165, 1.54) is 12.8 Å². The van der Waals surface area contributed by atoms with Gasteiger partial charge in [-0.05, 0) is 30.2 Å². The Morgan fingerprint density at radius 2 is 1.91 bits per heavy atom. The number of nitrogens with zero attached hydrogens (tertiary/aromatic N) is 3. The lowest BCUT2D eigenvalue weighted by Crippen LogP contribution is -2.21. The van der Waals surface area contributed by atoms with Gasteiger partial charge in [0.15, 0.2) is 0 Å². The van der Waals surface area contributed by atoms with Gasteiger partial charge in [-0.3, -0.25) is 9.97 Å². The smallest absolute Gasteiger partial charge is 0.490 e. The predicted octanol–water partition coefficient (Wildman–Crippen LogP) is 4.78. The molecule has 0 aliphatic heterocycles. The van der Waals surface area contributed by atoms with Gasteiger partial charge in [-0.15, -0.1) is 0 Å². The highest BCUT2D eigenvalue weighted by Crippen LogP contribution is 2.26. The summed E-state index contributed by atoms with van der Waals surface area (Å²) in [5, 5.41) is 10.4. The Labute approximate surface area is 182 Å². The van der Waals surface area contributed by atoms with Crippen LogP contribution in [0.1, 0.15) is 26.2 Å². The number of rotatable bonds is 8. The number of aromatic nitrogens is 4. The molecule has 32 heavy (non-hydrogen) atoms. The standard InChI is InChI=1S/C19H23N5O.C2HF3O2/c1-3-4-5-7-22-19-23-13-18(24-19)17-10-14(6-8-21-17)15-9-16(25-2)12-20-11-15;3-2(4,5)1(6)7/h6,8-13H,3-5,7H2,1-2H3,(H2,22,23,24);(H,6,7). The average molecular weight is 451 g/mol. The molecule has 3 aromatic heterocycles. The lowest BCUT2D eigenvalue weighted by Gasteiger charge is -2.05. The molecule has 3 rings (SSSR count). The molecule has 0 unspecified atom stereocenters. The number of unbranched alkanes of at least 4 members (excludes halogenated alkanes) is 2. The molecule has 3 N–H and O–H groups in total. The fourth-order valence-electron chi connectivity index (χ4n) is 2.57. The van der Waals surface area contributed by atoms with Crippen molar-refractivity contribution < 1.29 is 27.8 Å². The number of halogens is 3. The summed E-state index contributed by atoms with van der Waals surface area (Å²) in [5.41, 5.74) is 3.74. The number of hydrogen-bond acceptors (Lipinski definition) is 6. The van der Waals surface area contributed by atoms with Crippen LogP contribution in [-0.2, 0) is 4.79 Å². The predicted molar refractivity (Wildman–Crippen MR) is 113 cm³/mol. The number of anilines is 1. The van der Waals surface area contributed by atoms with Crippen molar-refractivity contribution in [1.82, 2.24) is 19.9 Å². The number of hydrogen-bond donors (Lipinski definition) is 3. The van der Waals surface area contributed by atoms with Crippen molar-refractivity contribution in [2.45, 2.75) is 32.4 Å². The first-order chi connectivity index (χ1) is 15.2. The first-order valence-electron chi connectivity index (χ1n) is 9.79. The topological polar surface area (TPSA) is 113 Å². The number of aliphatic carboxylic acids is 1. The van der Waals surface area contributed by atoms with Crippen LogP contribution in [0.25, 0.3) is 22.5 Å². The van der Waals surface area contributed by atoms with E-state index >= 15 is 0 Å². The van der Waals surface area contributed by atoms with E-state index in [1.54, 1.807) is 25.7 Å². The van der Waals surface area contributed by atoms with E-state index in [1.807, 2.05) is 24.4 Å². The zero-order chi connectivity index (χ0) is 23.6. The molecule has 0 atom stereocenters. The maximum atomic E-state index is 10.6. The molecular formula is C21H24F3N5O3. The monoisotopic (exact) mass is 451 g/mol. The summed E-state index contributed by atoms with van der Waals surface area (Å²) in [6, 6.07) is 5.94. The van der Waals surface area contributed by atoms with Crippen molar-refractivity contribution in [2.75, 3.05) is 19.0 Å². The molecule has 0 aliphatic carbocycles. The van der Waals surface area contributed by atoms with Gasteiger partial charge in [-0.25, -0.2) is 9.78 Å². The van der Waals surface area contributed by atoms with Crippen LogP contribution in [-0.4, -0.2) is 50.8 Å². The third-order valence-electron chi connectivity index (χ3n) is 4.21. The van der Waals surface area contributed by atoms with Crippen LogP contribution in [0.5, 0.6) is 5.75 Å². The van der Waals surface area contributed by atoms with Gasteiger partial charge < -0.3 is 20.1 Å². The normalized spacial score (nSPS) is 10.8. The van der Waals surface area contributed by atoms with Gasteiger partial charge in [0.25, 0.3) is 0 Å². The highest BCUT2D eigenvalue weighted by molar-refractivity contribution is 5.73. The third kappa shape index (κ3) is 7.56. The number of carboxylic acids is 1. The van der Waals surface area contributed by atoms with Crippen LogP contribution in [0, 0.1) is 0 Å². The molecular weight excluding hydrogens is 427 g/mol. The number of methoxy groups -OCH3 is 1. The fraction of sp³-hybridized carbons (Fsp3) is 0.333. The van der Waals surface area contributed by atoms with Crippen molar-refractivity contribution in [3.63, 3.8) is 0 Å². The third-order valence-corrected chi connectivity index (χ3v) is 4.21. The number of pyridine rings is 2. The van der Waals surface area contributed by atoms with E-state index < -0.39 is 12.1 Å². The molecule has 3 aromatic rings. The van der Waals surface area contributed by atoms with Gasteiger partial charge in [0.1, 0.15) is 5.75 Å². The zero-order valence-electron chi connectivity index (χ0n) is 17.6. The zero-order valence-corrected chi connectivity index (χ0v) is 17.6. The molecule has 0 spiro atoms. The maximum Gasteiger partial charge on any atom is 0.490 e. The van der Waals surface area contributed by atoms with Gasteiger partial charge in [0, 0.05) is 24.5 Å². The highest BCUT2D eigenvalue weighted by atomic mass is 19.4. The Morgan fingerprint density at radius 1 is 1.16 bits per heavy atom. The number of alkyl halides is 3. The summed E-state index contributed by atoms with van der Waals surface area (Å²) in [6.45, 7) is 3.12. The Bertz CT molecular complexity index is 1010.